The van der Waals surface area contributed by atoms with E-state index in [-0.39, 0.29) is 23.3 Å². The second kappa shape index (κ2) is 7.00. The molecule has 2 atom stereocenters. The summed E-state index contributed by atoms with van der Waals surface area (Å²) >= 11 is 0. The van der Waals surface area contributed by atoms with Crippen LogP contribution >= 0.6 is 0 Å². The largest absolute Gasteiger partial charge is 0.481 e. The summed E-state index contributed by atoms with van der Waals surface area (Å²) in [7, 11) is 0. The molecule has 0 unspecified atom stereocenters. The molecule has 1 saturated carbocycles. The molecule has 2 aliphatic rings. The predicted octanol–water partition coefficient (Wildman–Crippen LogP) is 3.71. The average molecular weight is 385 g/mol. The van der Waals surface area contributed by atoms with Gasteiger partial charge in [0.25, 0.3) is 0 Å². The van der Waals surface area contributed by atoms with Crippen LogP contribution in [0.1, 0.15) is 36.3 Å². The molecule has 2 aromatic rings. The van der Waals surface area contributed by atoms with E-state index in [4.69, 9.17) is 0 Å². The van der Waals surface area contributed by atoms with Crippen molar-refractivity contribution < 1.29 is 23.5 Å². The highest BCUT2D eigenvalue weighted by atomic mass is 19.1. The molecule has 6 heteroatoms. The summed E-state index contributed by atoms with van der Waals surface area (Å²) in [6.07, 6.45) is 1.17. The Morgan fingerprint density at radius 1 is 1.04 bits per heavy atom. The number of nitrogens with zero attached hydrogens (tertiary/aromatic N) is 1. The van der Waals surface area contributed by atoms with Crippen LogP contribution in [-0.2, 0) is 15.0 Å². The minimum absolute atomic E-state index is 0.0966. The van der Waals surface area contributed by atoms with E-state index in [9.17, 15) is 23.5 Å². The number of benzene rings is 2. The van der Waals surface area contributed by atoms with Crippen molar-refractivity contribution in [2.24, 2.45) is 5.92 Å². The zero-order chi connectivity index (χ0) is 19.9. The maximum Gasteiger partial charge on any atom is 0.314 e. The molecule has 1 amide bonds. The molecule has 1 saturated heterocycles. The Kier molecular flexibility index (Phi) is 4.65. The Balaban J connectivity index is 1.45. The Hall–Kier alpha value is -2.76. The van der Waals surface area contributed by atoms with E-state index in [1.165, 1.54) is 0 Å². The molecular weight excluding hydrogens is 364 g/mol. The third-order valence-electron chi connectivity index (χ3n) is 6.13. The monoisotopic (exact) mass is 385 g/mol. The highest BCUT2D eigenvalue weighted by molar-refractivity contribution is 5.85. The first kappa shape index (κ1) is 18.6. The molecule has 28 heavy (non-hydrogen) atoms. The van der Waals surface area contributed by atoms with Crippen molar-refractivity contribution in [2.45, 2.75) is 30.6 Å². The van der Waals surface area contributed by atoms with Crippen molar-refractivity contribution in [3.63, 3.8) is 0 Å². The third kappa shape index (κ3) is 3.17. The summed E-state index contributed by atoms with van der Waals surface area (Å²) in [6.45, 7) is 0.684. The number of carbonyl (C=O) groups excluding carboxylic acids is 1. The van der Waals surface area contributed by atoms with Gasteiger partial charge in [-0.2, -0.15) is 0 Å². The zero-order valence-corrected chi connectivity index (χ0v) is 15.3. The normalized spacial score (nSPS) is 23.3. The van der Waals surface area contributed by atoms with E-state index >= 15 is 0 Å². The van der Waals surface area contributed by atoms with E-state index in [1.54, 1.807) is 4.90 Å². The molecule has 1 aliphatic heterocycles. The molecule has 1 N–H and O–H groups in total. The van der Waals surface area contributed by atoms with Crippen molar-refractivity contribution in [3.05, 3.63) is 71.3 Å². The number of piperidine rings is 1. The Labute approximate surface area is 161 Å². The van der Waals surface area contributed by atoms with Crippen LogP contribution in [0.4, 0.5) is 8.78 Å². The molecule has 1 heterocycles. The number of rotatable bonds is 4. The minimum Gasteiger partial charge on any atom is -0.481 e. The van der Waals surface area contributed by atoms with Crippen LogP contribution in [-0.4, -0.2) is 35.0 Å². The van der Waals surface area contributed by atoms with E-state index in [2.05, 4.69) is 0 Å². The summed E-state index contributed by atoms with van der Waals surface area (Å²) in [5.41, 5.74) is 0.00982. The molecule has 1 aliphatic carbocycles. The SMILES string of the molecule is O=C([C@H]1C[C@H]1c1cc(F)ccc1F)N1CCC(C(=O)O)(c2ccccc2)CC1. The maximum absolute atomic E-state index is 14.0. The smallest absolute Gasteiger partial charge is 0.314 e. The van der Waals surface area contributed by atoms with Crippen molar-refractivity contribution in [1.82, 2.24) is 4.90 Å². The van der Waals surface area contributed by atoms with Crippen LogP contribution in [0.15, 0.2) is 48.5 Å². The van der Waals surface area contributed by atoms with Crippen molar-refractivity contribution in [2.75, 3.05) is 13.1 Å². The number of hydrogen-bond donors (Lipinski definition) is 1. The van der Waals surface area contributed by atoms with Crippen LogP contribution in [0.2, 0.25) is 0 Å². The van der Waals surface area contributed by atoms with Gasteiger partial charge in [0, 0.05) is 19.0 Å². The molecule has 4 rings (SSSR count). The van der Waals surface area contributed by atoms with Crippen molar-refractivity contribution in [1.29, 1.82) is 0 Å². The van der Waals surface area contributed by atoms with Gasteiger partial charge in [-0.25, -0.2) is 8.78 Å². The summed E-state index contributed by atoms with van der Waals surface area (Å²) in [5.74, 6) is -2.64. The number of likely N-dealkylation sites (tertiary alicyclic amines) is 1. The van der Waals surface area contributed by atoms with Crippen LogP contribution in [0.25, 0.3) is 0 Å². The van der Waals surface area contributed by atoms with Gasteiger partial charge in [-0.1, -0.05) is 30.3 Å². The lowest BCUT2D eigenvalue weighted by Gasteiger charge is -2.39. The summed E-state index contributed by atoms with van der Waals surface area (Å²) in [4.78, 5) is 26.5. The average Bonchev–Trinajstić information content (AvgIpc) is 3.50. The molecular formula is C22H21F2NO3. The lowest BCUT2D eigenvalue weighted by atomic mass is 9.73. The highest BCUT2D eigenvalue weighted by Crippen LogP contribution is 2.50. The molecule has 0 bridgehead atoms. The number of amides is 1. The second-order valence-electron chi connectivity index (χ2n) is 7.69. The number of aliphatic carboxylic acids is 1. The molecule has 0 aromatic heterocycles. The van der Waals surface area contributed by atoms with Gasteiger partial charge in [0.15, 0.2) is 0 Å². The first-order valence-electron chi connectivity index (χ1n) is 9.45. The molecule has 2 fully saturated rings. The molecule has 2 aromatic carbocycles. The lowest BCUT2D eigenvalue weighted by molar-refractivity contribution is -0.148. The first-order valence-corrected chi connectivity index (χ1v) is 9.45. The number of carboxylic acid groups (broad SMARTS) is 1. The van der Waals surface area contributed by atoms with Gasteiger partial charge in [0.05, 0.1) is 5.41 Å². The predicted molar refractivity (Wildman–Crippen MR) is 98.8 cm³/mol. The fraction of sp³-hybridized carbons (Fsp3) is 0.364. The van der Waals surface area contributed by atoms with E-state index < -0.39 is 23.0 Å². The number of carboxylic acids is 1. The number of hydrogen-bond acceptors (Lipinski definition) is 2. The lowest BCUT2D eigenvalue weighted by Crippen LogP contribution is -2.49. The van der Waals surface area contributed by atoms with Gasteiger partial charge in [-0.3, -0.25) is 9.59 Å². The number of halogens is 2. The zero-order valence-electron chi connectivity index (χ0n) is 15.3. The van der Waals surface area contributed by atoms with Crippen molar-refractivity contribution >= 4 is 11.9 Å². The van der Waals surface area contributed by atoms with Gasteiger partial charge >= 0.3 is 5.97 Å². The van der Waals surface area contributed by atoms with Crippen molar-refractivity contribution in [3.8, 4) is 0 Å². The molecule has 4 nitrogen and oxygen atoms in total. The van der Waals surface area contributed by atoms with Gasteiger partial charge in [-0.15, -0.1) is 0 Å². The van der Waals surface area contributed by atoms with E-state index in [1.807, 2.05) is 30.3 Å². The van der Waals surface area contributed by atoms with E-state index in [0.717, 1.165) is 23.8 Å². The van der Waals surface area contributed by atoms with Crippen LogP contribution in [0, 0.1) is 17.6 Å². The maximum atomic E-state index is 14.0. The fourth-order valence-corrected chi connectivity index (χ4v) is 4.34. The van der Waals surface area contributed by atoms with Crippen LogP contribution < -0.4 is 0 Å². The topological polar surface area (TPSA) is 57.6 Å². The number of carbonyl (C=O) groups is 2. The second-order valence-corrected chi connectivity index (χ2v) is 7.69. The molecule has 0 radical (unpaired) electrons. The standard InChI is InChI=1S/C22H21F2NO3/c23-15-6-7-19(24)17(12-15)16-13-18(16)20(26)25-10-8-22(9-11-25,21(27)28)14-4-2-1-3-5-14/h1-7,12,16,18H,8-11,13H2,(H,27,28)/t16-,18-/m0/s1. The Bertz CT molecular complexity index is 907. The minimum atomic E-state index is -0.990. The fourth-order valence-electron chi connectivity index (χ4n) is 4.34. The summed E-state index contributed by atoms with van der Waals surface area (Å²) < 4.78 is 27.4. The Morgan fingerprint density at radius 2 is 1.71 bits per heavy atom. The highest BCUT2D eigenvalue weighted by Gasteiger charge is 2.50. The van der Waals surface area contributed by atoms with Gasteiger partial charge in [0.1, 0.15) is 11.6 Å². The van der Waals surface area contributed by atoms with Gasteiger partial charge in [0.2, 0.25) is 5.91 Å². The molecule has 0 spiro atoms. The quantitative estimate of drug-likeness (QED) is 0.873. The third-order valence-corrected chi connectivity index (χ3v) is 6.13. The first-order chi connectivity index (χ1) is 13.4. The summed E-state index contributed by atoms with van der Waals surface area (Å²) in [5, 5.41) is 9.86. The van der Waals surface area contributed by atoms with Gasteiger partial charge in [-0.05, 0) is 54.5 Å². The van der Waals surface area contributed by atoms with E-state index in [0.29, 0.717) is 32.4 Å². The van der Waals surface area contributed by atoms with Crippen LogP contribution in [0.5, 0.6) is 0 Å². The summed E-state index contributed by atoms with van der Waals surface area (Å²) in [6, 6.07) is 12.4. The van der Waals surface area contributed by atoms with Crippen LogP contribution in [0.3, 0.4) is 0 Å². The van der Waals surface area contributed by atoms with Gasteiger partial charge < -0.3 is 10.0 Å². The molecule has 146 valence electrons. The Morgan fingerprint density at radius 3 is 2.36 bits per heavy atom.